The van der Waals surface area contributed by atoms with Crippen LogP contribution in [0.3, 0.4) is 0 Å². The van der Waals surface area contributed by atoms with Crippen LogP contribution in [0.5, 0.6) is 0 Å². The van der Waals surface area contributed by atoms with Crippen LogP contribution in [0, 0.1) is 0 Å². The van der Waals surface area contributed by atoms with E-state index in [2.05, 4.69) is 36.8 Å². The summed E-state index contributed by atoms with van der Waals surface area (Å²) in [7, 11) is 2.19. The fourth-order valence-electron chi connectivity index (χ4n) is 3.33. The molecule has 1 aromatic rings. The second-order valence-electron chi connectivity index (χ2n) is 5.81. The Balaban J connectivity index is 2.05. The molecule has 0 aromatic carbocycles. The zero-order valence-electron chi connectivity index (χ0n) is 12.7. The third-order valence-corrected chi connectivity index (χ3v) is 5.56. The molecule has 2 heterocycles. The fraction of sp³-hybridized carbons (Fsp3) is 0.733. The smallest absolute Gasteiger partial charge is 0.0931 e. The molecular weight excluding hydrogens is 290 g/mol. The van der Waals surface area contributed by atoms with E-state index in [-0.39, 0.29) is 12.1 Å². The molecule has 114 valence electrons. The highest BCUT2D eigenvalue weighted by Crippen LogP contribution is 2.32. The highest BCUT2D eigenvalue weighted by atomic mass is 35.5. The molecule has 0 spiro atoms. The Bertz CT molecular complexity index is 421. The van der Waals surface area contributed by atoms with Crippen molar-refractivity contribution in [2.45, 2.75) is 44.8 Å². The van der Waals surface area contributed by atoms with Crippen LogP contribution in [0.4, 0.5) is 0 Å². The van der Waals surface area contributed by atoms with E-state index in [4.69, 9.17) is 17.3 Å². The van der Waals surface area contributed by atoms with E-state index in [1.54, 1.807) is 11.3 Å². The molecule has 5 heteroatoms. The Morgan fingerprint density at radius 2 is 2.30 bits per heavy atom. The number of nitrogens with zero attached hydrogens (tertiary/aromatic N) is 2. The molecule has 1 aliphatic heterocycles. The van der Waals surface area contributed by atoms with Gasteiger partial charge in [-0.25, -0.2) is 0 Å². The quantitative estimate of drug-likeness (QED) is 0.875. The molecule has 1 aliphatic rings. The molecule has 2 rings (SSSR count). The molecule has 0 amide bonds. The second kappa shape index (κ2) is 7.23. The Hall–Kier alpha value is -0.130. The van der Waals surface area contributed by atoms with Gasteiger partial charge in [0.05, 0.1) is 10.4 Å². The lowest BCUT2D eigenvalue weighted by atomic mass is 10.1. The summed E-state index contributed by atoms with van der Waals surface area (Å²) >= 11 is 7.73. The lowest BCUT2D eigenvalue weighted by Crippen LogP contribution is -2.44. The van der Waals surface area contributed by atoms with Gasteiger partial charge in [0, 0.05) is 23.5 Å². The van der Waals surface area contributed by atoms with Crippen molar-refractivity contribution < 1.29 is 0 Å². The summed E-state index contributed by atoms with van der Waals surface area (Å²) in [6, 6.07) is 5.11. The molecule has 3 nitrogen and oxygen atoms in total. The lowest BCUT2D eigenvalue weighted by Gasteiger charge is -2.34. The first-order valence-corrected chi connectivity index (χ1v) is 8.67. The first-order valence-electron chi connectivity index (χ1n) is 7.48. The summed E-state index contributed by atoms with van der Waals surface area (Å²) in [6.45, 7) is 7.80. The van der Waals surface area contributed by atoms with E-state index >= 15 is 0 Å². The van der Waals surface area contributed by atoms with E-state index in [1.165, 1.54) is 24.3 Å². The van der Waals surface area contributed by atoms with Crippen LogP contribution >= 0.6 is 22.9 Å². The van der Waals surface area contributed by atoms with Crippen molar-refractivity contribution in [3.8, 4) is 0 Å². The molecule has 0 radical (unpaired) electrons. The number of nitrogens with two attached hydrogens (primary N) is 1. The third-order valence-electron chi connectivity index (χ3n) is 4.26. The Morgan fingerprint density at radius 3 is 2.85 bits per heavy atom. The Labute approximate surface area is 131 Å². The van der Waals surface area contributed by atoms with Gasteiger partial charge in [-0.3, -0.25) is 9.80 Å². The average molecular weight is 316 g/mol. The predicted molar refractivity (Wildman–Crippen MR) is 88.6 cm³/mol. The number of likely N-dealkylation sites (tertiary alicyclic amines) is 1. The van der Waals surface area contributed by atoms with Crippen LogP contribution in [0.15, 0.2) is 12.1 Å². The molecule has 1 aromatic heterocycles. The number of rotatable bonds is 6. The van der Waals surface area contributed by atoms with Crippen molar-refractivity contribution in [2.75, 3.05) is 26.7 Å². The van der Waals surface area contributed by atoms with Gasteiger partial charge in [0.25, 0.3) is 0 Å². The SMILES string of the molecule is CCN1CCCC1CN(C)C(c1ccc(Cl)s1)C(C)N. The minimum absolute atomic E-state index is 0.103. The minimum Gasteiger partial charge on any atom is -0.326 e. The molecule has 2 N–H and O–H groups in total. The summed E-state index contributed by atoms with van der Waals surface area (Å²) in [4.78, 5) is 6.26. The van der Waals surface area contributed by atoms with Crippen LogP contribution < -0.4 is 5.73 Å². The zero-order chi connectivity index (χ0) is 14.7. The van der Waals surface area contributed by atoms with Crippen molar-refractivity contribution in [1.29, 1.82) is 0 Å². The predicted octanol–water partition coefficient (Wildman–Crippen LogP) is 3.21. The summed E-state index contributed by atoms with van der Waals surface area (Å²) in [5.41, 5.74) is 6.23. The molecule has 20 heavy (non-hydrogen) atoms. The van der Waals surface area contributed by atoms with E-state index in [1.807, 2.05) is 6.07 Å². The summed E-state index contributed by atoms with van der Waals surface area (Å²) in [5.74, 6) is 0. The Kier molecular flexibility index (Phi) is 5.87. The van der Waals surface area contributed by atoms with E-state index in [0.29, 0.717) is 6.04 Å². The standard InChI is InChI=1S/C15H26ClN3S/c1-4-19-9-5-6-12(19)10-18(3)15(11(2)17)13-7-8-14(16)20-13/h7-8,11-12,15H,4-6,9-10,17H2,1-3H3. The first kappa shape index (κ1) is 16.2. The highest BCUT2D eigenvalue weighted by molar-refractivity contribution is 7.16. The molecule has 3 atom stereocenters. The molecule has 3 unspecified atom stereocenters. The monoisotopic (exact) mass is 315 g/mol. The zero-order valence-corrected chi connectivity index (χ0v) is 14.3. The number of halogens is 1. The fourth-order valence-corrected chi connectivity index (χ4v) is 4.67. The number of likely N-dealkylation sites (N-methyl/N-ethyl adjacent to an activating group) is 2. The highest BCUT2D eigenvalue weighted by Gasteiger charge is 2.29. The van der Waals surface area contributed by atoms with Crippen molar-refractivity contribution in [1.82, 2.24) is 9.80 Å². The number of hydrogen-bond donors (Lipinski definition) is 1. The van der Waals surface area contributed by atoms with Crippen molar-refractivity contribution >= 4 is 22.9 Å². The van der Waals surface area contributed by atoms with Crippen molar-refractivity contribution in [3.63, 3.8) is 0 Å². The molecule has 1 fully saturated rings. The summed E-state index contributed by atoms with van der Waals surface area (Å²) < 4.78 is 0.843. The van der Waals surface area contributed by atoms with Gasteiger partial charge in [0.15, 0.2) is 0 Å². The average Bonchev–Trinajstić information content (AvgIpc) is 2.98. The van der Waals surface area contributed by atoms with Crippen LogP contribution in [-0.4, -0.2) is 48.6 Å². The largest absolute Gasteiger partial charge is 0.326 e. The van der Waals surface area contributed by atoms with Gasteiger partial charge in [-0.15, -0.1) is 11.3 Å². The summed E-state index contributed by atoms with van der Waals surface area (Å²) in [6.07, 6.45) is 2.62. The van der Waals surface area contributed by atoms with Gasteiger partial charge in [-0.2, -0.15) is 0 Å². The second-order valence-corrected chi connectivity index (χ2v) is 7.56. The minimum atomic E-state index is 0.103. The van der Waals surface area contributed by atoms with E-state index in [9.17, 15) is 0 Å². The van der Waals surface area contributed by atoms with Gasteiger partial charge >= 0.3 is 0 Å². The lowest BCUT2D eigenvalue weighted by molar-refractivity contribution is 0.153. The normalized spacial score (nSPS) is 23.4. The van der Waals surface area contributed by atoms with Crippen LogP contribution in [0.25, 0.3) is 0 Å². The molecular formula is C15H26ClN3S. The topological polar surface area (TPSA) is 32.5 Å². The summed E-state index contributed by atoms with van der Waals surface area (Å²) in [5, 5.41) is 0. The van der Waals surface area contributed by atoms with Gasteiger partial charge < -0.3 is 5.73 Å². The van der Waals surface area contributed by atoms with E-state index in [0.717, 1.165) is 17.4 Å². The maximum absolute atomic E-state index is 6.23. The number of hydrogen-bond acceptors (Lipinski definition) is 4. The van der Waals surface area contributed by atoms with Gasteiger partial charge in [-0.05, 0) is 52.0 Å². The van der Waals surface area contributed by atoms with Gasteiger partial charge in [-0.1, -0.05) is 18.5 Å². The molecule has 0 bridgehead atoms. The van der Waals surface area contributed by atoms with Gasteiger partial charge in [0.1, 0.15) is 0 Å². The van der Waals surface area contributed by atoms with Crippen molar-refractivity contribution in [3.05, 3.63) is 21.3 Å². The molecule has 1 saturated heterocycles. The van der Waals surface area contributed by atoms with Crippen LogP contribution in [0.2, 0.25) is 4.34 Å². The van der Waals surface area contributed by atoms with E-state index < -0.39 is 0 Å². The van der Waals surface area contributed by atoms with Crippen molar-refractivity contribution in [2.24, 2.45) is 5.73 Å². The molecule has 0 saturated carbocycles. The third kappa shape index (κ3) is 3.74. The maximum atomic E-state index is 6.23. The Morgan fingerprint density at radius 1 is 1.55 bits per heavy atom. The van der Waals surface area contributed by atoms with Crippen LogP contribution in [0.1, 0.15) is 37.6 Å². The van der Waals surface area contributed by atoms with Gasteiger partial charge in [0.2, 0.25) is 0 Å². The number of thiophene rings is 1. The maximum Gasteiger partial charge on any atom is 0.0931 e. The first-order chi connectivity index (χ1) is 9.52. The van der Waals surface area contributed by atoms with Crippen LogP contribution in [-0.2, 0) is 0 Å². The molecule has 0 aliphatic carbocycles.